The molecule has 3 aromatic carbocycles. The van der Waals surface area contributed by atoms with Crippen molar-refractivity contribution in [2.45, 2.75) is 11.3 Å². The summed E-state index contributed by atoms with van der Waals surface area (Å²) in [5.74, 6) is 0.146. The van der Waals surface area contributed by atoms with Crippen LogP contribution in [0.1, 0.15) is 5.56 Å². The van der Waals surface area contributed by atoms with Crippen molar-refractivity contribution < 1.29 is 17.9 Å². The minimum atomic E-state index is -4.09. The van der Waals surface area contributed by atoms with Gasteiger partial charge in [0, 0.05) is 15.2 Å². The van der Waals surface area contributed by atoms with Gasteiger partial charge in [-0.2, -0.15) is 0 Å². The Hall–Kier alpha value is -2.39. The summed E-state index contributed by atoms with van der Waals surface area (Å²) < 4.78 is 30.6. The van der Waals surface area contributed by atoms with Crippen LogP contribution < -0.4 is 15.2 Å². The number of anilines is 1. The maximum absolute atomic E-state index is 12.3. The van der Waals surface area contributed by atoms with Crippen LogP contribution in [0.25, 0.3) is 0 Å². The third-order valence-electron chi connectivity index (χ3n) is 3.88. The first kappa shape index (κ1) is 21.3. The third kappa shape index (κ3) is 5.80. The molecule has 0 aromatic heterocycles. The Morgan fingerprint density at radius 1 is 1.07 bits per heavy atom. The topological polar surface area (TPSA) is 98.5 Å². The van der Waals surface area contributed by atoms with E-state index in [9.17, 15) is 13.2 Å². The van der Waals surface area contributed by atoms with Gasteiger partial charge >= 0.3 is 0 Å². The Kier molecular flexibility index (Phi) is 6.59. The molecular weight excluding hydrogens is 480 g/mol. The van der Waals surface area contributed by atoms with Crippen molar-refractivity contribution in [2.75, 3.05) is 5.32 Å². The van der Waals surface area contributed by atoms with Gasteiger partial charge in [-0.25, -0.2) is 13.6 Å². The number of hydrogen-bond acceptors (Lipinski definition) is 4. The zero-order chi connectivity index (χ0) is 21.0. The fraction of sp³-hybridized carbons (Fsp3) is 0.0500. The molecule has 29 heavy (non-hydrogen) atoms. The highest BCUT2D eigenvalue weighted by atomic mass is 79.9. The van der Waals surface area contributed by atoms with Gasteiger partial charge in [-0.3, -0.25) is 4.79 Å². The lowest BCUT2D eigenvalue weighted by molar-refractivity contribution is -0.115. The van der Waals surface area contributed by atoms with E-state index >= 15 is 0 Å². The molecule has 3 aromatic rings. The van der Waals surface area contributed by atoms with E-state index in [0.29, 0.717) is 16.3 Å². The zero-order valence-corrected chi connectivity index (χ0v) is 18.1. The monoisotopic (exact) mass is 494 g/mol. The number of primary sulfonamides is 1. The fourth-order valence-electron chi connectivity index (χ4n) is 2.54. The Balaban J connectivity index is 1.83. The Morgan fingerprint density at radius 3 is 2.41 bits per heavy atom. The summed E-state index contributed by atoms with van der Waals surface area (Å²) >= 11 is 9.39. The minimum absolute atomic E-state index is 0.0432. The van der Waals surface area contributed by atoms with Gasteiger partial charge in [-0.15, -0.1) is 0 Å². The van der Waals surface area contributed by atoms with E-state index in [0.717, 1.165) is 4.47 Å². The smallest absolute Gasteiger partial charge is 0.241 e. The summed E-state index contributed by atoms with van der Waals surface area (Å²) in [4.78, 5) is 12.1. The molecule has 0 aliphatic carbocycles. The van der Waals surface area contributed by atoms with Gasteiger partial charge in [0.1, 0.15) is 16.4 Å². The molecule has 0 saturated heterocycles. The number of amides is 1. The molecule has 0 heterocycles. The molecule has 0 bridgehead atoms. The average Bonchev–Trinajstić information content (AvgIpc) is 2.66. The number of ether oxygens (including phenoxy) is 1. The van der Waals surface area contributed by atoms with E-state index in [1.54, 1.807) is 48.5 Å². The molecule has 0 unspecified atom stereocenters. The molecule has 0 saturated carbocycles. The average molecular weight is 496 g/mol. The van der Waals surface area contributed by atoms with Crippen LogP contribution in [0.2, 0.25) is 5.02 Å². The van der Waals surface area contributed by atoms with E-state index in [-0.39, 0.29) is 28.7 Å². The number of halogens is 2. The zero-order valence-electron chi connectivity index (χ0n) is 14.9. The SMILES string of the molecule is NS(=O)(=O)c1cc(NC(=O)Cc2ccccc2Cl)ccc1Oc1ccc(Br)cc1. The summed E-state index contributed by atoms with van der Waals surface area (Å²) in [6, 6.07) is 18.1. The summed E-state index contributed by atoms with van der Waals surface area (Å²) in [5, 5.41) is 8.46. The Labute approximate surface area is 181 Å². The van der Waals surface area contributed by atoms with Gasteiger partial charge in [0.05, 0.1) is 6.42 Å². The second kappa shape index (κ2) is 8.96. The fourth-order valence-corrected chi connectivity index (χ4v) is 3.69. The molecule has 0 radical (unpaired) electrons. The maximum Gasteiger partial charge on any atom is 0.241 e. The van der Waals surface area contributed by atoms with Crippen molar-refractivity contribution in [2.24, 2.45) is 5.14 Å². The molecule has 0 atom stereocenters. The standard InChI is InChI=1S/C20H16BrClN2O4S/c21-14-5-8-16(9-6-14)28-18-10-7-15(12-19(18)29(23,26)27)24-20(25)11-13-3-1-2-4-17(13)22/h1-10,12H,11H2,(H,24,25)(H2,23,26,27). The first-order chi connectivity index (χ1) is 13.7. The van der Waals surface area contributed by atoms with E-state index < -0.39 is 10.0 Å². The van der Waals surface area contributed by atoms with Crippen LogP contribution in [0.4, 0.5) is 5.69 Å². The van der Waals surface area contributed by atoms with Crippen molar-refractivity contribution in [3.63, 3.8) is 0 Å². The molecule has 0 aliphatic heterocycles. The first-order valence-corrected chi connectivity index (χ1v) is 11.1. The van der Waals surface area contributed by atoms with Crippen molar-refractivity contribution in [3.05, 3.63) is 81.8 Å². The van der Waals surface area contributed by atoms with E-state index in [4.69, 9.17) is 21.5 Å². The third-order valence-corrected chi connectivity index (χ3v) is 5.71. The maximum atomic E-state index is 12.3. The molecule has 3 N–H and O–H groups in total. The Morgan fingerprint density at radius 2 is 1.76 bits per heavy atom. The number of carbonyl (C=O) groups is 1. The van der Waals surface area contributed by atoms with Crippen molar-refractivity contribution >= 4 is 49.1 Å². The molecule has 3 rings (SSSR count). The molecule has 0 fully saturated rings. The van der Waals surface area contributed by atoms with E-state index in [1.165, 1.54) is 18.2 Å². The lowest BCUT2D eigenvalue weighted by atomic mass is 10.1. The highest BCUT2D eigenvalue weighted by molar-refractivity contribution is 9.10. The Bertz CT molecular complexity index is 1150. The largest absolute Gasteiger partial charge is 0.456 e. The highest BCUT2D eigenvalue weighted by Crippen LogP contribution is 2.31. The number of carbonyl (C=O) groups excluding carboxylic acids is 1. The number of rotatable bonds is 6. The van der Waals surface area contributed by atoms with Gasteiger partial charge in [0.15, 0.2) is 0 Å². The quantitative estimate of drug-likeness (QED) is 0.517. The summed E-state index contributed by atoms with van der Waals surface area (Å²) in [5.41, 5.74) is 0.933. The minimum Gasteiger partial charge on any atom is -0.456 e. The number of hydrogen-bond donors (Lipinski definition) is 2. The molecule has 150 valence electrons. The van der Waals surface area contributed by atoms with Gasteiger partial charge < -0.3 is 10.1 Å². The first-order valence-electron chi connectivity index (χ1n) is 8.36. The van der Waals surface area contributed by atoms with Gasteiger partial charge in [0.2, 0.25) is 15.9 Å². The summed E-state index contributed by atoms with van der Waals surface area (Å²) in [6.45, 7) is 0. The van der Waals surface area contributed by atoms with Crippen molar-refractivity contribution in [1.29, 1.82) is 0 Å². The summed E-state index contributed by atoms with van der Waals surface area (Å²) in [7, 11) is -4.09. The molecular formula is C20H16BrClN2O4S. The lowest BCUT2D eigenvalue weighted by Gasteiger charge is -2.13. The summed E-state index contributed by atoms with van der Waals surface area (Å²) in [6.07, 6.45) is 0.0432. The van der Waals surface area contributed by atoms with Crippen LogP contribution in [0, 0.1) is 0 Å². The van der Waals surface area contributed by atoms with Crippen LogP contribution in [0.3, 0.4) is 0 Å². The van der Waals surface area contributed by atoms with Crippen LogP contribution in [-0.2, 0) is 21.2 Å². The van der Waals surface area contributed by atoms with Gasteiger partial charge in [-0.1, -0.05) is 45.7 Å². The van der Waals surface area contributed by atoms with E-state index in [1.807, 2.05) is 0 Å². The normalized spacial score (nSPS) is 11.1. The second-order valence-electron chi connectivity index (χ2n) is 6.08. The molecule has 1 amide bonds. The van der Waals surface area contributed by atoms with Crippen molar-refractivity contribution in [3.8, 4) is 11.5 Å². The predicted molar refractivity (Wildman–Crippen MR) is 116 cm³/mol. The highest BCUT2D eigenvalue weighted by Gasteiger charge is 2.18. The molecule has 9 heteroatoms. The number of nitrogens with one attached hydrogen (secondary N) is 1. The van der Waals surface area contributed by atoms with Crippen LogP contribution in [0.15, 0.2) is 76.1 Å². The van der Waals surface area contributed by atoms with Crippen LogP contribution >= 0.6 is 27.5 Å². The lowest BCUT2D eigenvalue weighted by Crippen LogP contribution is -2.17. The molecule has 6 nitrogen and oxygen atoms in total. The van der Waals surface area contributed by atoms with Crippen molar-refractivity contribution in [1.82, 2.24) is 0 Å². The number of benzene rings is 3. The molecule has 0 aliphatic rings. The number of sulfonamides is 1. The van der Waals surface area contributed by atoms with Gasteiger partial charge in [-0.05, 0) is 54.1 Å². The predicted octanol–water partition coefficient (Wildman–Crippen LogP) is 4.72. The molecule has 0 spiro atoms. The van der Waals surface area contributed by atoms with Crippen LogP contribution in [0.5, 0.6) is 11.5 Å². The van der Waals surface area contributed by atoms with E-state index in [2.05, 4.69) is 21.2 Å². The second-order valence-corrected chi connectivity index (χ2v) is 8.93. The number of nitrogens with two attached hydrogens (primary N) is 1. The van der Waals surface area contributed by atoms with Crippen LogP contribution in [-0.4, -0.2) is 14.3 Å². The van der Waals surface area contributed by atoms with Gasteiger partial charge in [0.25, 0.3) is 0 Å².